The van der Waals surface area contributed by atoms with Gasteiger partial charge in [0.1, 0.15) is 11.6 Å². The van der Waals surface area contributed by atoms with Gasteiger partial charge in [-0.3, -0.25) is 9.36 Å². The Hall–Kier alpha value is -2.28. The molecule has 1 aliphatic carbocycles. The Morgan fingerprint density at radius 1 is 1.16 bits per heavy atom. The SMILES string of the molecule is Cn1c(C2CCCN2c2nc(C3CC3)ns2)nc2ccccc2c1=O. The maximum Gasteiger partial charge on any atom is 0.261 e. The molecule has 1 saturated heterocycles. The van der Waals surface area contributed by atoms with Crippen LogP contribution < -0.4 is 10.5 Å². The standard InChI is InChI=1S/C18H19N5OS/c1-22-16(19-13-6-3-2-5-12(13)17(22)24)14-7-4-10-23(14)18-20-15(21-25-18)11-8-9-11/h2-3,5-6,11,14H,4,7-10H2,1H3. The number of benzene rings is 1. The molecule has 0 bridgehead atoms. The summed E-state index contributed by atoms with van der Waals surface area (Å²) in [4.78, 5) is 24.6. The third-order valence-electron chi connectivity index (χ3n) is 5.19. The molecule has 2 fully saturated rings. The molecule has 3 aromatic rings. The van der Waals surface area contributed by atoms with Crippen LogP contribution in [0, 0.1) is 0 Å². The highest BCUT2D eigenvalue weighted by atomic mass is 32.1. The molecule has 25 heavy (non-hydrogen) atoms. The van der Waals surface area contributed by atoms with Crippen molar-refractivity contribution in [2.24, 2.45) is 7.05 Å². The minimum Gasteiger partial charge on any atom is -0.337 e. The third kappa shape index (κ3) is 2.45. The Kier molecular flexibility index (Phi) is 3.38. The van der Waals surface area contributed by atoms with E-state index < -0.39 is 0 Å². The molecule has 0 radical (unpaired) electrons. The first kappa shape index (κ1) is 15.0. The van der Waals surface area contributed by atoms with Crippen molar-refractivity contribution in [3.63, 3.8) is 0 Å². The highest BCUT2D eigenvalue weighted by Gasteiger charge is 2.34. The molecule has 0 N–H and O–H groups in total. The summed E-state index contributed by atoms with van der Waals surface area (Å²) in [6.07, 6.45) is 4.48. The number of nitrogens with zero attached hydrogens (tertiary/aromatic N) is 5. The predicted molar refractivity (Wildman–Crippen MR) is 98.2 cm³/mol. The Labute approximate surface area is 149 Å². The van der Waals surface area contributed by atoms with E-state index in [-0.39, 0.29) is 11.6 Å². The van der Waals surface area contributed by atoms with Crippen LogP contribution in [0.3, 0.4) is 0 Å². The quantitative estimate of drug-likeness (QED) is 0.724. The second-order valence-corrected chi connectivity index (χ2v) is 7.64. The van der Waals surface area contributed by atoms with Crippen molar-refractivity contribution in [2.75, 3.05) is 11.4 Å². The molecule has 0 amide bonds. The van der Waals surface area contributed by atoms with E-state index in [9.17, 15) is 4.79 Å². The fourth-order valence-corrected chi connectivity index (χ4v) is 4.47. The summed E-state index contributed by atoms with van der Waals surface area (Å²) in [6.45, 7) is 0.937. The molecule has 7 heteroatoms. The maximum atomic E-state index is 12.7. The zero-order valence-electron chi connectivity index (χ0n) is 14.1. The molecular formula is C18H19N5OS. The van der Waals surface area contributed by atoms with Gasteiger partial charge >= 0.3 is 0 Å². The summed E-state index contributed by atoms with van der Waals surface area (Å²) in [5, 5.41) is 1.64. The zero-order valence-corrected chi connectivity index (χ0v) is 14.9. The lowest BCUT2D eigenvalue weighted by Crippen LogP contribution is -2.30. The number of aromatic nitrogens is 4. The minimum atomic E-state index is 0.0170. The van der Waals surface area contributed by atoms with Crippen LogP contribution in [0.15, 0.2) is 29.1 Å². The molecule has 1 aliphatic heterocycles. The van der Waals surface area contributed by atoms with Gasteiger partial charge in [0, 0.05) is 31.0 Å². The van der Waals surface area contributed by atoms with E-state index in [2.05, 4.69) is 9.27 Å². The first-order chi connectivity index (χ1) is 12.2. The van der Waals surface area contributed by atoms with Crippen LogP contribution in [-0.4, -0.2) is 25.5 Å². The van der Waals surface area contributed by atoms with Crippen molar-refractivity contribution in [2.45, 2.75) is 37.6 Å². The van der Waals surface area contributed by atoms with Gasteiger partial charge < -0.3 is 4.90 Å². The lowest BCUT2D eigenvalue weighted by Gasteiger charge is -2.24. The van der Waals surface area contributed by atoms with Crippen LogP contribution in [0.25, 0.3) is 10.9 Å². The molecule has 0 spiro atoms. The Morgan fingerprint density at radius 2 is 2.00 bits per heavy atom. The van der Waals surface area contributed by atoms with E-state index in [0.717, 1.165) is 41.7 Å². The van der Waals surface area contributed by atoms with Crippen molar-refractivity contribution >= 4 is 27.6 Å². The summed E-state index contributed by atoms with van der Waals surface area (Å²) < 4.78 is 6.24. The molecule has 128 valence electrons. The largest absolute Gasteiger partial charge is 0.337 e. The van der Waals surface area contributed by atoms with E-state index in [0.29, 0.717) is 11.3 Å². The van der Waals surface area contributed by atoms with Gasteiger partial charge in [-0.05, 0) is 37.8 Å². The second kappa shape index (κ2) is 5.62. The summed E-state index contributed by atoms with van der Waals surface area (Å²) in [7, 11) is 1.82. The van der Waals surface area contributed by atoms with E-state index >= 15 is 0 Å². The maximum absolute atomic E-state index is 12.7. The van der Waals surface area contributed by atoms with Crippen molar-refractivity contribution in [3.8, 4) is 0 Å². The van der Waals surface area contributed by atoms with Crippen LogP contribution in [0.5, 0.6) is 0 Å². The molecule has 1 saturated carbocycles. The van der Waals surface area contributed by atoms with Crippen LogP contribution in [0.4, 0.5) is 5.13 Å². The third-order valence-corrected chi connectivity index (χ3v) is 5.96. The van der Waals surface area contributed by atoms with E-state index in [4.69, 9.17) is 9.97 Å². The topological polar surface area (TPSA) is 63.9 Å². The van der Waals surface area contributed by atoms with Crippen molar-refractivity contribution in [3.05, 3.63) is 46.3 Å². The van der Waals surface area contributed by atoms with Crippen LogP contribution in [0.1, 0.15) is 49.3 Å². The molecule has 5 rings (SSSR count). The Morgan fingerprint density at radius 3 is 2.84 bits per heavy atom. The van der Waals surface area contributed by atoms with E-state index in [1.54, 1.807) is 4.57 Å². The zero-order chi connectivity index (χ0) is 17.0. The number of anilines is 1. The minimum absolute atomic E-state index is 0.0170. The van der Waals surface area contributed by atoms with Gasteiger partial charge in [0.05, 0.1) is 16.9 Å². The molecule has 2 aromatic heterocycles. The average Bonchev–Trinajstić information content (AvgIpc) is 3.17. The Bertz CT molecular complexity index is 1010. The van der Waals surface area contributed by atoms with Gasteiger partial charge in [-0.1, -0.05) is 12.1 Å². The molecule has 1 atom stereocenters. The van der Waals surface area contributed by atoms with Gasteiger partial charge in [-0.2, -0.15) is 4.37 Å². The highest BCUT2D eigenvalue weighted by molar-refractivity contribution is 7.09. The van der Waals surface area contributed by atoms with Crippen LogP contribution >= 0.6 is 11.5 Å². The fourth-order valence-electron chi connectivity index (χ4n) is 3.65. The number of para-hydroxylation sites is 1. The van der Waals surface area contributed by atoms with Gasteiger partial charge in [-0.25, -0.2) is 9.97 Å². The number of hydrogen-bond acceptors (Lipinski definition) is 6. The van der Waals surface area contributed by atoms with Crippen LogP contribution in [0.2, 0.25) is 0 Å². The monoisotopic (exact) mass is 353 g/mol. The second-order valence-electron chi connectivity index (χ2n) is 6.91. The molecule has 2 aliphatic rings. The van der Waals surface area contributed by atoms with Gasteiger partial charge in [0.15, 0.2) is 0 Å². The van der Waals surface area contributed by atoms with E-state index in [1.165, 1.54) is 24.4 Å². The number of rotatable bonds is 3. The summed E-state index contributed by atoms with van der Waals surface area (Å²) in [5.41, 5.74) is 0.784. The smallest absolute Gasteiger partial charge is 0.261 e. The summed E-state index contributed by atoms with van der Waals surface area (Å²) in [6, 6.07) is 7.65. The lowest BCUT2D eigenvalue weighted by atomic mass is 10.2. The summed E-state index contributed by atoms with van der Waals surface area (Å²) >= 11 is 1.48. The number of fused-ring (bicyclic) bond motifs is 1. The van der Waals surface area contributed by atoms with Crippen molar-refractivity contribution < 1.29 is 0 Å². The molecule has 6 nitrogen and oxygen atoms in total. The first-order valence-corrected chi connectivity index (χ1v) is 9.55. The normalized spacial score (nSPS) is 20.5. The first-order valence-electron chi connectivity index (χ1n) is 8.78. The van der Waals surface area contributed by atoms with Crippen molar-refractivity contribution in [1.29, 1.82) is 0 Å². The summed E-state index contributed by atoms with van der Waals surface area (Å²) in [5.74, 6) is 2.38. The van der Waals surface area contributed by atoms with Crippen molar-refractivity contribution in [1.82, 2.24) is 18.9 Å². The van der Waals surface area contributed by atoms with Gasteiger partial charge in [0.2, 0.25) is 5.13 Å². The van der Waals surface area contributed by atoms with Gasteiger partial charge in [-0.15, -0.1) is 0 Å². The predicted octanol–water partition coefficient (Wildman–Crippen LogP) is 3.00. The highest BCUT2D eigenvalue weighted by Crippen LogP contribution is 2.42. The van der Waals surface area contributed by atoms with E-state index in [1.807, 2.05) is 31.3 Å². The van der Waals surface area contributed by atoms with Crippen LogP contribution in [-0.2, 0) is 7.05 Å². The molecule has 3 heterocycles. The Balaban J connectivity index is 1.58. The van der Waals surface area contributed by atoms with Gasteiger partial charge in [0.25, 0.3) is 5.56 Å². The average molecular weight is 353 g/mol. The molecule has 1 aromatic carbocycles. The fraction of sp³-hybridized carbons (Fsp3) is 0.444. The lowest BCUT2D eigenvalue weighted by molar-refractivity contribution is 0.609. The molecular weight excluding hydrogens is 334 g/mol. The molecule has 1 unspecified atom stereocenters. The number of hydrogen-bond donors (Lipinski definition) is 0.